The third-order valence-corrected chi connectivity index (χ3v) is 4.22. The van der Waals surface area contributed by atoms with Crippen molar-refractivity contribution in [2.75, 3.05) is 5.32 Å². The van der Waals surface area contributed by atoms with Gasteiger partial charge in [-0.2, -0.15) is 4.98 Å². The van der Waals surface area contributed by atoms with E-state index < -0.39 is 11.7 Å². The maximum atomic E-state index is 11.9. The van der Waals surface area contributed by atoms with Crippen molar-refractivity contribution in [3.8, 4) is 11.1 Å². The zero-order valence-electron chi connectivity index (χ0n) is 14.4. The van der Waals surface area contributed by atoms with Gasteiger partial charge in [-0.1, -0.05) is 24.3 Å². The number of carboxylic acid groups (broad SMARTS) is 1. The van der Waals surface area contributed by atoms with E-state index in [1.807, 2.05) is 24.3 Å². The summed E-state index contributed by atoms with van der Waals surface area (Å²) in [5.41, 5.74) is 1.86. The molecule has 0 aliphatic rings. The van der Waals surface area contributed by atoms with Crippen LogP contribution in [0.3, 0.4) is 0 Å². The Morgan fingerprint density at radius 2 is 1.79 bits per heavy atom. The third kappa shape index (κ3) is 3.14. The van der Waals surface area contributed by atoms with Crippen molar-refractivity contribution in [1.82, 2.24) is 14.7 Å². The van der Waals surface area contributed by atoms with E-state index in [0.29, 0.717) is 15.8 Å². The molecule has 3 N–H and O–H groups in total. The number of aromatic nitrogens is 3. The molecule has 0 atom stereocenters. The topological polar surface area (TPSA) is 117 Å². The Hall–Kier alpha value is -4.20. The minimum absolute atomic E-state index is 0.102. The van der Waals surface area contributed by atoms with E-state index in [4.69, 9.17) is 5.11 Å². The molecular formula is C20H14N4O4. The largest absolute Gasteiger partial charge is 0.478 e. The second-order valence-corrected chi connectivity index (χ2v) is 6.02. The summed E-state index contributed by atoms with van der Waals surface area (Å²) in [4.78, 5) is 30.8. The minimum atomic E-state index is -0.979. The van der Waals surface area contributed by atoms with E-state index in [0.717, 1.165) is 11.1 Å². The molecule has 2 heterocycles. The number of fused-ring (bicyclic) bond motifs is 1. The molecule has 4 rings (SSSR count). The smallest absolute Gasteiger partial charge is 0.384 e. The van der Waals surface area contributed by atoms with Crippen molar-refractivity contribution >= 4 is 28.5 Å². The molecule has 0 fully saturated rings. The molecule has 8 nitrogen and oxygen atoms in total. The SMILES string of the molecule is O=C(O)c1ccc(-c2cccc(Nc3nc(=O)n(O)c4ncccc34)c2)cc1. The van der Waals surface area contributed by atoms with E-state index in [9.17, 15) is 14.8 Å². The number of hydrogen-bond acceptors (Lipinski definition) is 6. The molecule has 8 heteroatoms. The zero-order valence-corrected chi connectivity index (χ0v) is 14.4. The summed E-state index contributed by atoms with van der Waals surface area (Å²) in [6, 6.07) is 17.3. The Labute approximate surface area is 158 Å². The van der Waals surface area contributed by atoms with Gasteiger partial charge >= 0.3 is 11.7 Å². The quantitative estimate of drug-likeness (QED) is 0.470. The molecule has 2 aromatic heterocycles. The summed E-state index contributed by atoms with van der Waals surface area (Å²) < 4.78 is 0.404. The number of aromatic carboxylic acids is 1. The number of nitrogens with one attached hydrogen (secondary N) is 1. The molecule has 0 spiro atoms. The lowest BCUT2D eigenvalue weighted by molar-refractivity contribution is 0.0697. The molecule has 138 valence electrons. The maximum Gasteiger partial charge on any atom is 0.384 e. The molecule has 0 aliphatic heterocycles. The van der Waals surface area contributed by atoms with Crippen LogP contribution in [0.1, 0.15) is 10.4 Å². The molecule has 4 aromatic rings. The highest BCUT2D eigenvalue weighted by Crippen LogP contribution is 2.26. The summed E-state index contributed by atoms with van der Waals surface area (Å²) in [5, 5.41) is 22.4. The fourth-order valence-corrected chi connectivity index (χ4v) is 2.86. The van der Waals surface area contributed by atoms with E-state index in [2.05, 4.69) is 15.3 Å². The van der Waals surface area contributed by atoms with E-state index >= 15 is 0 Å². The average Bonchev–Trinajstić information content (AvgIpc) is 2.72. The van der Waals surface area contributed by atoms with Gasteiger partial charge in [0.25, 0.3) is 0 Å². The number of rotatable bonds is 4. The first-order valence-electron chi connectivity index (χ1n) is 8.31. The summed E-state index contributed by atoms with van der Waals surface area (Å²) in [5.74, 6) is -0.705. The van der Waals surface area contributed by atoms with Crippen LogP contribution in [0.4, 0.5) is 11.5 Å². The van der Waals surface area contributed by atoms with Gasteiger partial charge in [-0.15, -0.1) is 4.73 Å². The van der Waals surface area contributed by atoms with Crippen LogP contribution >= 0.6 is 0 Å². The number of hydrogen-bond donors (Lipinski definition) is 3. The second-order valence-electron chi connectivity index (χ2n) is 6.02. The predicted octanol–water partition coefficient (Wildman–Crippen LogP) is 3.14. The van der Waals surface area contributed by atoms with E-state index in [-0.39, 0.29) is 17.0 Å². The van der Waals surface area contributed by atoms with Crippen LogP contribution in [0.5, 0.6) is 0 Å². The molecule has 0 aliphatic carbocycles. The van der Waals surface area contributed by atoms with Gasteiger partial charge < -0.3 is 15.6 Å². The first kappa shape index (κ1) is 17.2. The Balaban J connectivity index is 1.72. The highest BCUT2D eigenvalue weighted by atomic mass is 16.5. The number of pyridine rings is 1. The first-order valence-corrected chi connectivity index (χ1v) is 8.31. The van der Waals surface area contributed by atoms with Crippen molar-refractivity contribution in [3.05, 3.63) is 82.9 Å². The van der Waals surface area contributed by atoms with Gasteiger partial charge in [-0.25, -0.2) is 14.6 Å². The second kappa shape index (κ2) is 6.84. The number of anilines is 2. The minimum Gasteiger partial charge on any atom is -0.478 e. The van der Waals surface area contributed by atoms with Crippen molar-refractivity contribution in [3.63, 3.8) is 0 Å². The van der Waals surface area contributed by atoms with Gasteiger partial charge in [0.1, 0.15) is 5.82 Å². The fourth-order valence-electron chi connectivity index (χ4n) is 2.86. The number of nitrogens with zero attached hydrogens (tertiary/aromatic N) is 3. The molecule has 0 amide bonds. The first-order chi connectivity index (χ1) is 13.5. The Bertz CT molecular complexity index is 1250. The molecule has 0 bridgehead atoms. The lowest BCUT2D eigenvalue weighted by Crippen LogP contribution is -2.23. The lowest BCUT2D eigenvalue weighted by Gasteiger charge is -2.11. The van der Waals surface area contributed by atoms with Crippen LogP contribution < -0.4 is 11.0 Å². The highest BCUT2D eigenvalue weighted by molar-refractivity contribution is 5.89. The maximum absolute atomic E-state index is 11.9. The molecule has 0 unspecified atom stereocenters. The van der Waals surface area contributed by atoms with Gasteiger partial charge in [0, 0.05) is 11.9 Å². The number of carbonyl (C=O) groups is 1. The van der Waals surface area contributed by atoms with Crippen LogP contribution in [0, 0.1) is 0 Å². The summed E-state index contributed by atoms with van der Waals surface area (Å²) in [6.45, 7) is 0. The van der Waals surface area contributed by atoms with Gasteiger partial charge in [0.05, 0.1) is 10.9 Å². The van der Waals surface area contributed by atoms with E-state index in [1.54, 1.807) is 36.4 Å². The van der Waals surface area contributed by atoms with Crippen molar-refractivity contribution in [1.29, 1.82) is 0 Å². The van der Waals surface area contributed by atoms with E-state index in [1.165, 1.54) is 6.20 Å². The predicted molar refractivity (Wildman–Crippen MR) is 103 cm³/mol. The van der Waals surface area contributed by atoms with Gasteiger partial charge in [0.15, 0.2) is 5.65 Å². The van der Waals surface area contributed by atoms with Crippen molar-refractivity contribution in [2.24, 2.45) is 0 Å². The monoisotopic (exact) mass is 374 g/mol. The zero-order chi connectivity index (χ0) is 19.7. The average molecular weight is 374 g/mol. The van der Waals surface area contributed by atoms with Gasteiger partial charge in [-0.05, 0) is 47.5 Å². The highest BCUT2D eigenvalue weighted by Gasteiger charge is 2.11. The Morgan fingerprint density at radius 1 is 1.00 bits per heavy atom. The molecule has 0 radical (unpaired) electrons. The molecule has 28 heavy (non-hydrogen) atoms. The van der Waals surface area contributed by atoms with Gasteiger partial charge in [0.2, 0.25) is 0 Å². The number of benzene rings is 2. The fraction of sp³-hybridized carbons (Fsp3) is 0. The molecule has 0 saturated heterocycles. The van der Waals surface area contributed by atoms with Crippen molar-refractivity contribution < 1.29 is 15.1 Å². The van der Waals surface area contributed by atoms with Crippen LogP contribution in [-0.2, 0) is 0 Å². The standard InChI is InChI=1S/C20H14N4O4/c25-19(26)13-8-6-12(7-9-13)14-3-1-4-15(11-14)22-17-16-5-2-10-21-18(16)24(28)20(27)23-17/h1-11,28H,(H,25,26)(H,22,23,27). The van der Waals surface area contributed by atoms with Crippen LogP contribution in [-0.4, -0.2) is 31.0 Å². The van der Waals surface area contributed by atoms with Crippen LogP contribution in [0.15, 0.2) is 71.7 Å². The Morgan fingerprint density at radius 3 is 2.54 bits per heavy atom. The van der Waals surface area contributed by atoms with Gasteiger partial charge in [-0.3, -0.25) is 0 Å². The third-order valence-electron chi connectivity index (χ3n) is 4.22. The summed E-state index contributed by atoms with van der Waals surface area (Å²) in [7, 11) is 0. The number of carboxylic acids is 1. The van der Waals surface area contributed by atoms with Crippen LogP contribution in [0.2, 0.25) is 0 Å². The summed E-state index contributed by atoms with van der Waals surface area (Å²) in [6.07, 6.45) is 1.47. The molecule has 0 saturated carbocycles. The molecular weight excluding hydrogens is 360 g/mol. The lowest BCUT2D eigenvalue weighted by atomic mass is 10.0. The summed E-state index contributed by atoms with van der Waals surface area (Å²) >= 11 is 0. The van der Waals surface area contributed by atoms with Crippen molar-refractivity contribution in [2.45, 2.75) is 0 Å². The molecule has 2 aromatic carbocycles. The normalized spacial score (nSPS) is 10.7. The van der Waals surface area contributed by atoms with Crippen LogP contribution in [0.25, 0.3) is 22.2 Å². The Kier molecular flexibility index (Phi) is 4.21.